The highest BCUT2D eigenvalue weighted by molar-refractivity contribution is 6.02. The van der Waals surface area contributed by atoms with Crippen molar-refractivity contribution < 1.29 is 13.9 Å². The fourth-order valence-electron chi connectivity index (χ4n) is 4.92. The Hall–Kier alpha value is -4.51. The van der Waals surface area contributed by atoms with Gasteiger partial charge in [-0.15, -0.1) is 0 Å². The zero-order valence-electron chi connectivity index (χ0n) is 22.4. The van der Waals surface area contributed by atoms with Crippen LogP contribution in [-0.2, 0) is 11.8 Å². The summed E-state index contributed by atoms with van der Waals surface area (Å²) in [5.74, 6) is 0.258. The van der Waals surface area contributed by atoms with Crippen LogP contribution in [-0.4, -0.2) is 70.9 Å². The molecular weight excluding hydrogens is 499 g/mol. The molecular formula is C28H31FN8O2. The zero-order chi connectivity index (χ0) is 27.7. The van der Waals surface area contributed by atoms with E-state index in [4.69, 9.17) is 4.74 Å². The number of carbonyl (C=O) groups is 1. The Bertz CT molecular complexity index is 1550. The number of hydrogen-bond donors (Lipinski definition) is 2. The molecule has 1 aliphatic rings. The van der Waals surface area contributed by atoms with Crippen LogP contribution in [0.5, 0.6) is 5.75 Å². The third kappa shape index (κ3) is 5.26. The quantitative estimate of drug-likeness (QED) is 0.327. The molecule has 2 aromatic heterocycles. The number of rotatable bonds is 8. The van der Waals surface area contributed by atoms with Crippen LogP contribution in [0, 0.1) is 5.82 Å². The predicted molar refractivity (Wildman–Crippen MR) is 151 cm³/mol. The summed E-state index contributed by atoms with van der Waals surface area (Å²) >= 11 is 0. The lowest BCUT2D eigenvalue weighted by molar-refractivity contribution is -0.111. The SMILES string of the molecule is C=CC(=O)Nc1cc(Nc2cc(-c3cc4cnn(C)c4cc3F)ncn2)c(OC)cc1N(C)C1CCN(C)C1. The molecule has 0 aliphatic carbocycles. The number of hydrogen-bond acceptors (Lipinski definition) is 8. The van der Waals surface area contributed by atoms with Crippen molar-refractivity contribution in [3.63, 3.8) is 0 Å². The van der Waals surface area contributed by atoms with Gasteiger partial charge in [0.05, 0.1) is 41.6 Å². The van der Waals surface area contributed by atoms with Crippen LogP contribution in [0.25, 0.3) is 22.2 Å². The van der Waals surface area contributed by atoms with E-state index in [1.54, 1.807) is 43.2 Å². The number of benzene rings is 2. The topological polar surface area (TPSA) is 100 Å². The van der Waals surface area contributed by atoms with Gasteiger partial charge in [0.1, 0.15) is 23.7 Å². The number of nitrogens with zero attached hydrogens (tertiary/aromatic N) is 6. The minimum absolute atomic E-state index is 0.286. The van der Waals surface area contributed by atoms with Gasteiger partial charge in [0, 0.05) is 55.8 Å². The smallest absolute Gasteiger partial charge is 0.247 e. The second-order valence-corrected chi connectivity index (χ2v) is 9.65. The Labute approximate surface area is 226 Å². The van der Waals surface area contributed by atoms with E-state index in [2.05, 4.69) is 49.1 Å². The van der Waals surface area contributed by atoms with Crippen molar-refractivity contribution in [2.45, 2.75) is 12.5 Å². The maximum Gasteiger partial charge on any atom is 0.247 e. The van der Waals surface area contributed by atoms with Crippen LogP contribution in [0.1, 0.15) is 6.42 Å². The van der Waals surface area contributed by atoms with E-state index in [1.807, 2.05) is 13.1 Å². The second kappa shape index (κ2) is 10.7. The van der Waals surface area contributed by atoms with Gasteiger partial charge in [-0.3, -0.25) is 9.48 Å². The number of anilines is 4. The van der Waals surface area contributed by atoms with Gasteiger partial charge < -0.3 is 25.2 Å². The Balaban J connectivity index is 1.50. The number of nitrogens with one attached hydrogen (secondary N) is 2. The van der Waals surface area contributed by atoms with Gasteiger partial charge in [-0.25, -0.2) is 14.4 Å². The molecule has 0 saturated carbocycles. The Kier molecular flexibility index (Phi) is 7.16. The molecule has 0 spiro atoms. The van der Waals surface area contributed by atoms with Gasteiger partial charge in [0.2, 0.25) is 5.91 Å². The van der Waals surface area contributed by atoms with Crippen LogP contribution >= 0.6 is 0 Å². The average molecular weight is 531 g/mol. The number of aryl methyl sites for hydroxylation is 1. The summed E-state index contributed by atoms with van der Waals surface area (Å²) in [6.45, 7) is 5.50. The van der Waals surface area contributed by atoms with Crippen LogP contribution in [0.2, 0.25) is 0 Å². The summed E-state index contributed by atoms with van der Waals surface area (Å²) in [6, 6.07) is 8.80. The first-order valence-electron chi connectivity index (χ1n) is 12.5. The van der Waals surface area contributed by atoms with E-state index in [0.717, 1.165) is 30.6 Å². The minimum Gasteiger partial charge on any atom is -0.494 e. The number of likely N-dealkylation sites (tertiary alicyclic amines) is 1. The molecule has 2 aromatic carbocycles. The first-order valence-corrected chi connectivity index (χ1v) is 12.5. The van der Waals surface area contributed by atoms with Gasteiger partial charge in [-0.1, -0.05) is 6.58 Å². The number of carbonyl (C=O) groups excluding carboxylic acids is 1. The van der Waals surface area contributed by atoms with E-state index < -0.39 is 5.82 Å². The van der Waals surface area contributed by atoms with Crippen molar-refractivity contribution in [2.75, 3.05) is 49.8 Å². The van der Waals surface area contributed by atoms with Gasteiger partial charge >= 0.3 is 0 Å². The molecule has 1 aliphatic heterocycles. The third-order valence-electron chi connectivity index (χ3n) is 7.10. The lowest BCUT2D eigenvalue weighted by atomic mass is 10.1. The van der Waals surface area contributed by atoms with Crippen molar-refractivity contribution in [3.8, 4) is 17.0 Å². The Morgan fingerprint density at radius 1 is 1.21 bits per heavy atom. The first-order chi connectivity index (χ1) is 18.8. The number of amides is 1. The van der Waals surface area contributed by atoms with E-state index >= 15 is 4.39 Å². The predicted octanol–water partition coefficient (Wildman–Crippen LogP) is 4.19. The third-order valence-corrected chi connectivity index (χ3v) is 7.10. The zero-order valence-corrected chi connectivity index (χ0v) is 22.4. The van der Waals surface area contributed by atoms with Crippen molar-refractivity contribution >= 4 is 39.7 Å². The highest BCUT2D eigenvalue weighted by Crippen LogP contribution is 2.39. The minimum atomic E-state index is -0.410. The molecule has 5 rings (SSSR count). The molecule has 11 heteroatoms. The summed E-state index contributed by atoms with van der Waals surface area (Å²) in [4.78, 5) is 25.4. The molecule has 39 heavy (non-hydrogen) atoms. The van der Waals surface area contributed by atoms with Gasteiger partial charge in [0.25, 0.3) is 0 Å². The summed E-state index contributed by atoms with van der Waals surface area (Å²) in [6.07, 6.45) is 5.30. The van der Waals surface area contributed by atoms with Crippen molar-refractivity contribution in [2.24, 2.45) is 7.05 Å². The highest BCUT2D eigenvalue weighted by Gasteiger charge is 2.26. The summed E-state index contributed by atoms with van der Waals surface area (Å²) in [7, 11) is 7.46. The van der Waals surface area contributed by atoms with Crippen molar-refractivity contribution in [3.05, 3.63) is 61.3 Å². The maximum absolute atomic E-state index is 15.0. The van der Waals surface area contributed by atoms with Crippen LogP contribution in [0.4, 0.5) is 27.3 Å². The van der Waals surface area contributed by atoms with E-state index in [1.165, 1.54) is 18.5 Å². The largest absolute Gasteiger partial charge is 0.494 e. The number of fused-ring (bicyclic) bond motifs is 1. The molecule has 10 nitrogen and oxygen atoms in total. The van der Waals surface area contributed by atoms with Crippen LogP contribution in [0.3, 0.4) is 0 Å². The number of aromatic nitrogens is 4. The molecule has 0 bridgehead atoms. The second-order valence-electron chi connectivity index (χ2n) is 9.65. The lowest BCUT2D eigenvalue weighted by Gasteiger charge is -2.29. The fourth-order valence-corrected chi connectivity index (χ4v) is 4.92. The van der Waals surface area contributed by atoms with E-state index in [9.17, 15) is 4.79 Å². The molecule has 202 valence electrons. The number of methoxy groups -OCH3 is 1. The first kappa shape index (κ1) is 26.1. The Morgan fingerprint density at radius 3 is 2.74 bits per heavy atom. The average Bonchev–Trinajstić information content (AvgIpc) is 3.53. The van der Waals surface area contributed by atoms with Gasteiger partial charge in [-0.2, -0.15) is 5.10 Å². The molecule has 0 radical (unpaired) electrons. The van der Waals surface area contributed by atoms with Gasteiger partial charge in [-0.05, 0) is 38.2 Å². The number of likely N-dealkylation sites (N-methyl/N-ethyl adjacent to an activating group) is 2. The number of halogens is 1. The molecule has 1 unspecified atom stereocenters. The monoisotopic (exact) mass is 530 g/mol. The molecule has 1 saturated heterocycles. The van der Waals surface area contributed by atoms with E-state index in [0.29, 0.717) is 39.7 Å². The molecule has 4 aromatic rings. The molecule has 1 amide bonds. The highest BCUT2D eigenvalue weighted by atomic mass is 19.1. The number of ether oxygens (including phenoxy) is 1. The summed E-state index contributed by atoms with van der Waals surface area (Å²) in [5.41, 5.74) is 3.44. The molecule has 1 atom stereocenters. The van der Waals surface area contributed by atoms with Crippen molar-refractivity contribution in [1.29, 1.82) is 0 Å². The van der Waals surface area contributed by atoms with Crippen molar-refractivity contribution in [1.82, 2.24) is 24.6 Å². The van der Waals surface area contributed by atoms with Gasteiger partial charge in [0.15, 0.2) is 0 Å². The van der Waals surface area contributed by atoms with E-state index in [-0.39, 0.29) is 11.9 Å². The molecule has 1 fully saturated rings. The molecule has 2 N–H and O–H groups in total. The lowest BCUT2D eigenvalue weighted by Crippen LogP contribution is -2.34. The Morgan fingerprint density at radius 2 is 2.03 bits per heavy atom. The normalized spacial score (nSPS) is 15.4. The maximum atomic E-state index is 15.0. The van der Waals surface area contributed by atoms with Crippen LogP contribution < -0.4 is 20.3 Å². The standard InChI is InChI=1S/C28H31FN8O2/c1-6-28(38)34-22-11-23(26(39-5)13-25(22)36(3)18-7-8-35(2)15-18)33-27-12-21(30-16-31-27)19-9-17-14-32-37(4)24(17)10-20(19)29/h6,9-14,16,18H,1,7-8,15H2,2-5H3,(H,34,38)(H,30,31,33). The summed E-state index contributed by atoms with van der Waals surface area (Å²) < 4.78 is 22.4. The van der Waals surface area contributed by atoms with Crippen LogP contribution in [0.15, 0.2) is 55.5 Å². The fraction of sp³-hybridized carbons (Fsp3) is 0.286. The molecule has 3 heterocycles. The summed E-state index contributed by atoms with van der Waals surface area (Å²) in [5, 5.41) is 11.2.